The van der Waals surface area contributed by atoms with Gasteiger partial charge in [0.05, 0.1) is 29.6 Å². The van der Waals surface area contributed by atoms with Crippen LogP contribution in [0.4, 0.5) is 0 Å². The third-order valence-corrected chi connectivity index (χ3v) is 10.8. The topological polar surface area (TPSA) is 91.3 Å². The van der Waals surface area contributed by atoms with Crippen LogP contribution in [-0.2, 0) is 11.3 Å². The Bertz CT molecular complexity index is 911. The van der Waals surface area contributed by atoms with Gasteiger partial charge in [-0.05, 0) is 92.8 Å². The first-order chi connectivity index (χ1) is 15.7. The molecule has 33 heavy (non-hydrogen) atoms. The Morgan fingerprint density at radius 3 is 2.67 bits per heavy atom. The minimum absolute atomic E-state index is 0.0584. The SMILES string of the molecule is COC[C@@]1(O)CC[C@H]2[C@H](CC[C@@H]3[C@@H]2CC[C@@]2(C)[C@H]3CC[C@]2(O)C(C)Cn2cc(C#N)cn2)C1. The van der Waals surface area contributed by atoms with Crippen LogP contribution in [-0.4, -0.2) is 44.9 Å². The van der Waals surface area contributed by atoms with Gasteiger partial charge in [0.1, 0.15) is 6.07 Å². The number of fused-ring (bicyclic) bond motifs is 5. The largest absolute Gasteiger partial charge is 0.389 e. The van der Waals surface area contributed by atoms with Crippen molar-refractivity contribution in [2.45, 2.75) is 89.4 Å². The predicted molar refractivity (Wildman–Crippen MR) is 125 cm³/mol. The molecule has 1 heterocycles. The fraction of sp³-hybridized carbons (Fsp3) is 0.852. The van der Waals surface area contributed by atoms with Crippen molar-refractivity contribution in [3.05, 3.63) is 18.0 Å². The minimum atomic E-state index is -0.691. The Morgan fingerprint density at radius 1 is 1.15 bits per heavy atom. The second-order valence-corrected chi connectivity index (χ2v) is 12.2. The molecule has 5 rings (SSSR count). The Balaban J connectivity index is 1.31. The molecule has 0 spiro atoms. The summed E-state index contributed by atoms with van der Waals surface area (Å²) in [6.45, 7) is 5.65. The van der Waals surface area contributed by atoms with E-state index in [0.29, 0.717) is 36.5 Å². The highest BCUT2D eigenvalue weighted by Crippen LogP contribution is 2.67. The summed E-state index contributed by atoms with van der Waals surface area (Å²) < 4.78 is 7.17. The molecule has 1 unspecified atom stereocenters. The second kappa shape index (κ2) is 8.36. The maximum Gasteiger partial charge on any atom is 0.102 e. The van der Waals surface area contributed by atoms with Crippen molar-refractivity contribution in [3.8, 4) is 6.07 Å². The van der Waals surface area contributed by atoms with E-state index in [0.717, 1.165) is 50.4 Å². The summed E-state index contributed by atoms with van der Waals surface area (Å²) in [6.07, 6.45) is 13.0. The van der Waals surface area contributed by atoms with Gasteiger partial charge in [0, 0.05) is 25.8 Å². The molecule has 4 fully saturated rings. The van der Waals surface area contributed by atoms with Gasteiger partial charge in [-0.3, -0.25) is 4.68 Å². The Labute approximate surface area is 198 Å². The van der Waals surface area contributed by atoms with Crippen LogP contribution in [0.15, 0.2) is 12.4 Å². The van der Waals surface area contributed by atoms with Gasteiger partial charge in [-0.15, -0.1) is 0 Å². The number of hydrogen-bond donors (Lipinski definition) is 2. The van der Waals surface area contributed by atoms with Crippen molar-refractivity contribution in [1.82, 2.24) is 9.78 Å². The van der Waals surface area contributed by atoms with Gasteiger partial charge in [-0.2, -0.15) is 10.4 Å². The molecule has 4 aliphatic carbocycles. The normalized spacial score (nSPS) is 45.5. The zero-order valence-electron chi connectivity index (χ0n) is 20.5. The number of nitriles is 1. The van der Waals surface area contributed by atoms with E-state index in [2.05, 4.69) is 25.0 Å². The van der Waals surface area contributed by atoms with Crippen LogP contribution < -0.4 is 0 Å². The van der Waals surface area contributed by atoms with Gasteiger partial charge in [0.25, 0.3) is 0 Å². The van der Waals surface area contributed by atoms with Gasteiger partial charge in [-0.1, -0.05) is 13.8 Å². The first-order valence-corrected chi connectivity index (χ1v) is 13.1. The van der Waals surface area contributed by atoms with Crippen LogP contribution in [0.1, 0.15) is 77.2 Å². The third-order valence-electron chi connectivity index (χ3n) is 10.8. The summed E-state index contributed by atoms with van der Waals surface area (Å²) in [7, 11) is 1.69. The Hall–Kier alpha value is -1.42. The molecule has 6 nitrogen and oxygen atoms in total. The number of aliphatic hydroxyl groups is 2. The van der Waals surface area contributed by atoms with Gasteiger partial charge in [-0.25, -0.2) is 0 Å². The quantitative estimate of drug-likeness (QED) is 0.696. The van der Waals surface area contributed by atoms with Crippen LogP contribution >= 0.6 is 0 Å². The highest BCUT2D eigenvalue weighted by molar-refractivity contribution is 5.22. The fourth-order valence-electron chi connectivity index (χ4n) is 9.18. The monoisotopic (exact) mass is 455 g/mol. The summed E-state index contributed by atoms with van der Waals surface area (Å²) >= 11 is 0. The standard InChI is InChI=1S/C27H41N3O3/c1-18(15-30-16-19(13-28)14-29-30)27(32)11-8-24-23-5-4-20-12-26(31,17-33-3)10-7-21(20)22(23)6-9-25(24,27)2/h14,16,18,20-24,31-32H,4-12,15,17H2,1-3H3/t18?,20-,21+,22-,23-,24+,25+,26-,27+/m1/s1. The minimum Gasteiger partial charge on any atom is -0.389 e. The summed E-state index contributed by atoms with van der Waals surface area (Å²) in [5, 5.41) is 36.6. The number of rotatable bonds is 5. The molecule has 2 N–H and O–H groups in total. The fourth-order valence-corrected chi connectivity index (χ4v) is 9.18. The third kappa shape index (κ3) is 3.66. The molecule has 0 aliphatic heterocycles. The summed E-state index contributed by atoms with van der Waals surface area (Å²) in [6, 6.07) is 2.15. The maximum absolute atomic E-state index is 12.1. The smallest absolute Gasteiger partial charge is 0.102 e. The van der Waals surface area contributed by atoms with Crippen molar-refractivity contribution in [3.63, 3.8) is 0 Å². The summed E-state index contributed by atoms with van der Waals surface area (Å²) in [5.41, 5.74) is -0.806. The molecule has 0 saturated heterocycles. The molecular weight excluding hydrogens is 414 g/mol. The van der Waals surface area contributed by atoms with E-state index in [1.807, 2.05) is 4.68 Å². The molecule has 6 heteroatoms. The summed E-state index contributed by atoms with van der Waals surface area (Å²) in [4.78, 5) is 0. The molecule has 0 bridgehead atoms. The van der Waals surface area contributed by atoms with Gasteiger partial charge in [0.15, 0.2) is 0 Å². The molecule has 9 atom stereocenters. The zero-order valence-corrected chi connectivity index (χ0v) is 20.5. The van der Waals surface area contributed by atoms with Crippen molar-refractivity contribution >= 4 is 0 Å². The first-order valence-electron chi connectivity index (χ1n) is 13.1. The van der Waals surface area contributed by atoms with Crippen molar-refractivity contribution < 1.29 is 14.9 Å². The highest BCUT2D eigenvalue weighted by Gasteiger charge is 2.64. The van der Waals surface area contributed by atoms with Crippen LogP contribution in [0.3, 0.4) is 0 Å². The first kappa shape index (κ1) is 23.3. The molecule has 1 aromatic rings. The highest BCUT2D eigenvalue weighted by atomic mass is 16.5. The molecule has 0 aromatic carbocycles. The van der Waals surface area contributed by atoms with E-state index < -0.39 is 11.2 Å². The molecule has 0 radical (unpaired) electrons. The van der Waals surface area contributed by atoms with E-state index in [9.17, 15) is 10.2 Å². The van der Waals surface area contributed by atoms with E-state index in [1.54, 1.807) is 19.5 Å². The molecule has 182 valence electrons. The average Bonchev–Trinajstić information content (AvgIpc) is 3.35. The zero-order chi connectivity index (χ0) is 23.4. The molecule has 0 amide bonds. The number of methoxy groups -OCH3 is 1. The number of hydrogen-bond acceptors (Lipinski definition) is 5. The molecule has 4 aliphatic rings. The number of aromatic nitrogens is 2. The lowest BCUT2D eigenvalue weighted by Gasteiger charge is -2.59. The molecular formula is C27H41N3O3. The van der Waals surface area contributed by atoms with E-state index in [-0.39, 0.29) is 11.3 Å². The van der Waals surface area contributed by atoms with Gasteiger partial charge < -0.3 is 14.9 Å². The lowest BCUT2D eigenvalue weighted by molar-refractivity contribution is -0.165. The molecule has 1 aromatic heterocycles. The lowest BCUT2D eigenvalue weighted by Crippen LogP contribution is -2.57. The van der Waals surface area contributed by atoms with Crippen molar-refractivity contribution in [2.75, 3.05) is 13.7 Å². The molecule has 4 saturated carbocycles. The van der Waals surface area contributed by atoms with Crippen LogP contribution in [0.5, 0.6) is 0 Å². The maximum atomic E-state index is 12.1. The van der Waals surface area contributed by atoms with Gasteiger partial charge in [0.2, 0.25) is 0 Å². The van der Waals surface area contributed by atoms with Crippen LogP contribution in [0, 0.1) is 52.3 Å². The Morgan fingerprint density at radius 2 is 1.94 bits per heavy atom. The average molecular weight is 456 g/mol. The Kier molecular flexibility index (Phi) is 5.91. The van der Waals surface area contributed by atoms with Crippen LogP contribution in [0.25, 0.3) is 0 Å². The second-order valence-electron chi connectivity index (χ2n) is 12.2. The van der Waals surface area contributed by atoms with Crippen molar-refractivity contribution in [2.24, 2.45) is 40.9 Å². The van der Waals surface area contributed by atoms with Crippen molar-refractivity contribution in [1.29, 1.82) is 5.26 Å². The summed E-state index contributed by atoms with van der Waals surface area (Å²) in [5.74, 6) is 3.47. The number of nitrogens with zero attached hydrogens (tertiary/aromatic N) is 3. The van der Waals surface area contributed by atoms with Crippen LogP contribution in [0.2, 0.25) is 0 Å². The van der Waals surface area contributed by atoms with E-state index in [4.69, 9.17) is 10.00 Å². The van der Waals surface area contributed by atoms with E-state index in [1.165, 1.54) is 19.3 Å². The number of ether oxygens (including phenoxy) is 1. The van der Waals surface area contributed by atoms with E-state index >= 15 is 0 Å². The van der Waals surface area contributed by atoms with Gasteiger partial charge >= 0.3 is 0 Å². The predicted octanol–water partition coefficient (Wildman–Crippen LogP) is 4.15. The lowest BCUT2D eigenvalue weighted by atomic mass is 9.48.